The smallest absolute Gasteiger partial charge is 0.344 e. The molecular formula is C22H20N2O6. The summed E-state index contributed by atoms with van der Waals surface area (Å²) in [5, 5.41) is 2.17. The fraction of sp³-hybridized carbons (Fsp3) is 0.182. The molecule has 2 aromatic rings. The van der Waals surface area contributed by atoms with Crippen molar-refractivity contribution >= 4 is 35.6 Å². The molecule has 1 N–H and O–H groups in total. The Hall–Kier alpha value is -3.94. The van der Waals surface area contributed by atoms with Gasteiger partial charge in [0.1, 0.15) is 11.3 Å². The van der Waals surface area contributed by atoms with Crippen molar-refractivity contribution in [2.75, 3.05) is 18.1 Å². The molecule has 1 aliphatic heterocycles. The number of aryl methyl sites for hydroxylation is 1. The first-order valence-corrected chi connectivity index (χ1v) is 9.26. The van der Waals surface area contributed by atoms with Crippen molar-refractivity contribution in [3.8, 4) is 5.75 Å². The van der Waals surface area contributed by atoms with Crippen LogP contribution in [0.15, 0.2) is 54.1 Å². The lowest BCUT2D eigenvalue weighted by Crippen LogP contribution is -2.54. The molecule has 4 amide bonds. The van der Waals surface area contributed by atoms with E-state index in [-0.39, 0.29) is 24.5 Å². The van der Waals surface area contributed by atoms with Crippen molar-refractivity contribution in [1.29, 1.82) is 0 Å². The zero-order valence-electron chi connectivity index (χ0n) is 16.5. The van der Waals surface area contributed by atoms with Gasteiger partial charge in [-0.2, -0.15) is 0 Å². The molecule has 0 unspecified atom stereocenters. The number of para-hydroxylation sites is 1. The van der Waals surface area contributed by atoms with Gasteiger partial charge in [-0.05, 0) is 38.1 Å². The van der Waals surface area contributed by atoms with Gasteiger partial charge < -0.3 is 9.47 Å². The average Bonchev–Trinajstić information content (AvgIpc) is 2.72. The summed E-state index contributed by atoms with van der Waals surface area (Å²) in [6.45, 7) is 3.47. The number of esters is 1. The molecule has 0 saturated carbocycles. The number of rotatable bonds is 6. The summed E-state index contributed by atoms with van der Waals surface area (Å²) in [5.74, 6) is -1.82. The van der Waals surface area contributed by atoms with Gasteiger partial charge in [-0.25, -0.2) is 14.5 Å². The van der Waals surface area contributed by atoms with Crippen LogP contribution in [0.1, 0.15) is 18.1 Å². The summed E-state index contributed by atoms with van der Waals surface area (Å²) in [4.78, 5) is 50.0. The minimum atomic E-state index is -0.821. The van der Waals surface area contributed by atoms with E-state index < -0.39 is 23.8 Å². The fourth-order valence-electron chi connectivity index (χ4n) is 2.81. The molecule has 154 valence electrons. The van der Waals surface area contributed by atoms with E-state index >= 15 is 0 Å². The van der Waals surface area contributed by atoms with Gasteiger partial charge in [-0.15, -0.1) is 0 Å². The molecule has 1 aliphatic rings. The zero-order valence-corrected chi connectivity index (χ0v) is 16.5. The SMILES string of the molecule is CCOC(=O)COc1ccccc1C=C1C(=O)NC(=O)N(c2ccc(C)cc2)C1=O. The number of nitrogens with one attached hydrogen (secondary N) is 1. The normalized spacial score (nSPS) is 15.2. The van der Waals surface area contributed by atoms with Gasteiger partial charge in [0.15, 0.2) is 6.61 Å². The molecule has 8 nitrogen and oxygen atoms in total. The first-order chi connectivity index (χ1) is 14.4. The van der Waals surface area contributed by atoms with Crippen molar-refractivity contribution in [3.05, 3.63) is 65.2 Å². The third-order valence-electron chi connectivity index (χ3n) is 4.26. The van der Waals surface area contributed by atoms with E-state index in [0.29, 0.717) is 11.3 Å². The molecule has 0 aliphatic carbocycles. The molecule has 0 bridgehead atoms. The van der Waals surface area contributed by atoms with Crippen LogP contribution in [0.5, 0.6) is 5.75 Å². The number of carbonyl (C=O) groups is 4. The van der Waals surface area contributed by atoms with Crippen LogP contribution in [-0.4, -0.2) is 37.0 Å². The van der Waals surface area contributed by atoms with Crippen molar-refractivity contribution in [3.63, 3.8) is 0 Å². The number of hydrogen-bond acceptors (Lipinski definition) is 6. The molecule has 0 atom stereocenters. The molecule has 8 heteroatoms. The molecule has 1 heterocycles. The quantitative estimate of drug-likeness (QED) is 0.448. The van der Waals surface area contributed by atoms with Gasteiger partial charge in [0.05, 0.1) is 12.3 Å². The van der Waals surface area contributed by atoms with Crippen molar-refractivity contribution in [1.82, 2.24) is 5.32 Å². The minimum Gasteiger partial charge on any atom is -0.481 e. The number of imide groups is 2. The van der Waals surface area contributed by atoms with Crippen LogP contribution < -0.4 is 15.0 Å². The summed E-state index contributed by atoms with van der Waals surface area (Å²) >= 11 is 0. The second-order valence-corrected chi connectivity index (χ2v) is 6.42. The number of carbonyl (C=O) groups excluding carboxylic acids is 4. The molecule has 2 aromatic carbocycles. The number of barbiturate groups is 1. The highest BCUT2D eigenvalue weighted by Gasteiger charge is 2.36. The van der Waals surface area contributed by atoms with Crippen LogP contribution in [-0.2, 0) is 19.1 Å². The summed E-state index contributed by atoms with van der Waals surface area (Å²) in [5.41, 5.74) is 1.47. The Bertz CT molecular complexity index is 1030. The van der Waals surface area contributed by atoms with Crippen LogP contribution >= 0.6 is 0 Å². The van der Waals surface area contributed by atoms with E-state index in [1.165, 1.54) is 6.08 Å². The van der Waals surface area contributed by atoms with E-state index in [2.05, 4.69) is 5.32 Å². The minimum absolute atomic E-state index is 0.228. The van der Waals surface area contributed by atoms with Crippen LogP contribution in [0, 0.1) is 6.92 Å². The van der Waals surface area contributed by atoms with Gasteiger partial charge in [0.25, 0.3) is 11.8 Å². The first kappa shape index (κ1) is 20.8. The van der Waals surface area contributed by atoms with Crippen molar-refractivity contribution in [2.45, 2.75) is 13.8 Å². The van der Waals surface area contributed by atoms with Gasteiger partial charge in [0, 0.05) is 5.56 Å². The Kier molecular flexibility index (Phi) is 6.26. The number of benzene rings is 2. The Labute approximate surface area is 173 Å². The maximum atomic E-state index is 13.0. The van der Waals surface area contributed by atoms with Crippen LogP contribution in [0.25, 0.3) is 6.08 Å². The number of ether oxygens (including phenoxy) is 2. The van der Waals surface area contributed by atoms with Crippen LogP contribution in [0.3, 0.4) is 0 Å². The zero-order chi connectivity index (χ0) is 21.7. The number of amides is 4. The maximum absolute atomic E-state index is 13.0. The van der Waals surface area contributed by atoms with Crippen molar-refractivity contribution in [2.24, 2.45) is 0 Å². The third-order valence-corrected chi connectivity index (χ3v) is 4.26. The van der Waals surface area contributed by atoms with Crippen LogP contribution in [0.4, 0.5) is 10.5 Å². The highest BCUT2D eigenvalue weighted by atomic mass is 16.6. The second kappa shape index (κ2) is 9.04. The molecule has 1 saturated heterocycles. The molecule has 30 heavy (non-hydrogen) atoms. The molecule has 3 rings (SSSR count). The Morgan fingerprint density at radius 3 is 2.47 bits per heavy atom. The molecule has 1 fully saturated rings. The largest absolute Gasteiger partial charge is 0.481 e. The van der Waals surface area contributed by atoms with E-state index in [9.17, 15) is 19.2 Å². The van der Waals surface area contributed by atoms with Gasteiger partial charge in [-0.1, -0.05) is 35.9 Å². The standard InChI is InChI=1S/C22H20N2O6/c1-3-29-19(25)13-30-18-7-5-4-6-15(18)12-17-20(26)23-22(28)24(21(17)27)16-10-8-14(2)9-11-16/h4-12H,3,13H2,1-2H3,(H,23,26,28). The van der Waals surface area contributed by atoms with Crippen molar-refractivity contribution < 1.29 is 28.7 Å². The first-order valence-electron chi connectivity index (χ1n) is 9.26. The van der Waals surface area contributed by atoms with Gasteiger partial charge in [0.2, 0.25) is 0 Å². The number of hydrogen-bond donors (Lipinski definition) is 1. The lowest BCUT2D eigenvalue weighted by molar-refractivity contribution is -0.145. The Morgan fingerprint density at radius 2 is 1.77 bits per heavy atom. The predicted octanol–water partition coefficient (Wildman–Crippen LogP) is 2.60. The summed E-state index contributed by atoms with van der Waals surface area (Å²) in [7, 11) is 0. The van der Waals surface area contributed by atoms with Crippen LogP contribution in [0.2, 0.25) is 0 Å². The third kappa shape index (κ3) is 4.54. The lowest BCUT2D eigenvalue weighted by atomic mass is 10.1. The van der Waals surface area contributed by atoms with E-state index in [1.54, 1.807) is 55.5 Å². The number of urea groups is 1. The Balaban J connectivity index is 1.91. The highest BCUT2D eigenvalue weighted by Crippen LogP contribution is 2.25. The van der Waals surface area contributed by atoms with E-state index in [1.807, 2.05) is 6.92 Å². The maximum Gasteiger partial charge on any atom is 0.344 e. The summed E-state index contributed by atoms with van der Waals surface area (Å²) in [6.07, 6.45) is 1.33. The van der Waals surface area contributed by atoms with E-state index in [4.69, 9.17) is 9.47 Å². The molecule has 0 radical (unpaired) electrons. The molecule has 0 spiro atoms. The Morgan fingerprint density at radius 1 is 1.07 bits per heavy atom. The fourth-order valence-corrected chi connectivity index (χ4v) is 2.81. The second-order valence-electron chi connectivity index (χ2n) is 6.42. The summed E-state index contributed by atoms with van der Waals surface area (Å²) in [6, 6.07) is 12.5. The van der Waals surface area contributed by atoms with Gasteiger partial charge >= 0.3 is 12.0 Å². The van der Waals surface area contributed by atoms with Gasteiger partial charge in [-0.3, -0.25) is 14.9 Å². The average molecular weight is 408 g/mol. The highest BCUT2D eigenvalue weighted by molar-refractivity contribution is 6.39. The molecule has 0 aromatic heterocycles. The van der Waals surface area contributed by atoms with E-state index in [0.717, 1.165) is 10.5 Å². The predicted molar refractivity (Wildman–Crippen MR) is 109 cm³/mol. The number of anilines is 1. The monoisotopic (exact) mass is 408 g/mol. The summed E-state index contributed by atoms with van der Waals surface area (Å²) < 4.78 is 10.3. The number of nitrogens with zero attached hydrogens (tertiary/aromatic N) is 1. The molecular weight excluding hydrogens is 388 g/mol. The topological polar surface area (TPSA) is 102 Å². The lowest BCUT2D eigenvalue weighted by Gasteiger charge is -2.26.